The minimum Gasteiger partial charge on any atom is -0.462 e. The maximum Gasteiger partial charge on any atom is 0.306 e. The van der Waals surface area contributed by atoms with Crippen LogP contribution in [0, 0.1) is 11.8 Å². The molecule has 6 nitrogen and oxygen atoms in total. The van der Waals surface area contributed by atoms with Crippen molar-refractivity contribution >= 4 is 17.9 Å². The fraction of sp³-hybridized carbons (Fsp3) is 0.953. The second-order valence-electron chi connectivity index (χ2n) is 22.8. The van der Waals surface area contributed by atoms with Crippen LogP contribution in [0.15, 0.2) is 0 Å². The van der Waals surface area contributed by atoms with Crippen molar-refractivity contribution in [1.29, 1.82) is 0 Å². The van der Waals surface area contributed by atoms with Crippen LogP contribution >= 0.6 is 0 Å². The predicted molar refractivity (Wildman–Crippen MR) is 303 cm³/mol. The van der Waals surface area contributed by atoms with Crippen molar-refractivity contribution in [2.45, 2.75) is 368 Å². The second-order valence-corrected chi connectivity index (χ2v) is 22.8. The van der Waals surface area contributed by atoms with Crippen molar-refractivity contribution in [2.75, 3.05) is 13.2 Å². The van der Waals surface area contributed by atoms with Crippen LogP contribution in [0.2, 0.25) is 0 Å². The van der Waals surface area contributed by atoms with E-state index in [2.05, 4.69) is 34.6 Å². The van der Waals surface area contributed by atoms with Gasteiger partial charge in [0.25, 0.3) is 0 Å². The molecule has 0 bridgehead atoms. The van der Waals surface area contributed by atoms with E-state index in [1.54, 1.807) is 0 Å². The first-order valence-corrected chi connectivity index (χ1v) is 31.8. The molecule has 0 saturated carbocycles. The fourth-order valence-corrected chi connectivity index (χ4v) is 9.90. The average molecular weight is 990 g/mol. The molecule has 6 heteroatoms. The van der Waals surface area contributed by atoms with E-state index in [-0.39, 0.29) is 31.1 Å². The summed E-state index contributed by atoms with van der Waals surface area (Å²) in [6.07, 6.45) is 62.4. The Kier molecular flexibility index (Phi) is 55.4. The van der Waals surface area contributed by atoms with Gasteiger partial charge in [-0.25, -0.2) is 0 Å². The molecule has 2 atom stereocenters. The molecule has 0 heterocycles. The van der Waals surface area contributed by atoms with Gasteiger partial charge in [-0.1, -0.05) is 324 Å². The first-order valence-electron chi connectivity index (χ1n) is 31.8. The summed E-state index contributed by atoms with van der Waals surface area (Å²) < 4.78 is 17.0. The molecular formula is C64H124O6. The van der Waals surface area contributed by atoms with Crippen LogP contribution in [0.5, 0.6) is 0 Å². The van der Waals surface area contributed by atoms with Crippen molar-refractivity contribution in [3.63, 3.8) is 0 Å². The smallest absolute Gasteiger partial charge is 0.306 e. The maximum absolute atomic E-state index is 12.9. The van der Waals surface area contributed by atoms with Crippen LogP contribution in [0.3, 0.4) is 0 Å². The van der Waals surface area contributed by atoms with Crippen LogP contribution in [-0.4, -0.2) is 37.2 Å². The fourth-order valence-electron chi connectivity index (χ4n) is 9.90. The van der Waals surface area contributed by atoms with Gasteiger partial charge in [-0.05, 0) is 31.1 Å². The summed E-state index contributed by atoms with van der Waals surface area (Å²) in [6.45, 7) is 11.5. The van der Waals surface area contributed by atoms with E-state index >= 15 is 0 Å². The van der Waals surface area contributed by atoms with E-state index in [1.807, 2.05) is 0 Å². The number of unbranched alkanes of at least 4 members (excludes halogenated alkanes) is 42. The third kappa shape index (κ3) is 55.7. The zero-order chi connectivity index (χ0) is 51.1. The number of ether oxygens (including phenoxy) is 3. The van der Waals surface area contributed by atoms with Crippen molar-refractivity contribution in [1.82, 2.24) is 0 Å². The highest BCUT2D eigenvalue weighted by Gasteiger charge is 2.19. The summed E-state index contributed by atoms with van der Waals surface area (Å²) in [5, 5.41) is 0. The molecule has 0 radical (unpaired) electrons. The van der Waals surface area contributed by atoms with Gasteiger partial charge in [0.2, 0.25) is 0 Å². The number of carbonyl (C=O) groups excluding carboxylic acids is 3. The molecule has 0 aliphatic heterocycles. The van der Waals surface area contributed by atoms with Crippen LogP contribution in [-0.2, 0) is 28.6 Å². The third-order valence-corrected chi connectivity index (χ3v) is 15.1. The summed E-state index contributed by atoms with van der Waals surface area (Å²) >= 11 is 0. The molecule has 0 N–H and O–H groups in total. The van der Waals surface area contributed by atoms with Gasteiger partial charge >= 0.3 is 17.9 Å². The average Bonchev–Trinajstić information content (AvgIpc) is 3.35. The second kappa shape index (κ2) is 56.7. The zero-order valence-electron chi connectivity index (χ0n) is 48.2. The Morgan fingerprint density at radius 1 is 0.300 bits per heavy atom. The molecule has 0 aromatic heterocycles. The topological polar surface area (TPSA) is 78.9 Å². The molecule has 0 fully saturated rings. The lowest BCUT2D eigenvalue weighted by Gasteiger charge is -2.18. The van der Waals surface area contributed by atoms with Crippen LogP contribution < -0.4 is 0 Å². The van der Waals surface area contributed by atoms with Crippen LogP contribution in [0.25, 0.3) is 0 Å². The Balaban J connectivity index is 4.30. The lowest BCUT2D eigenvalue weighted by Crippen LogP contribution is -2.30. The van der Waals surface area contributed by atoms with E-state index in [4.69, 9.17) is 14.2 Å². The maximum atomic E-state index is 12.9. The predicted octanol–water partition coefficient (Wildman–Crippen LogP) is 21.2. The first-order chi connectivity index (χ1) is 34.3. The van der Waals surface area contributed by atoms with Gasteiger partial charge in [-0.3, -0.25) is 14.4 Å². The number of hydrogen-bond acceptors (Lipinski definition) is 6. The molecule has 0 saturated heterocycles. The molecule has 1 unspecified atom stereocenters. The van der Waals surface area contributed by atoms with E-state index in [0.29, 0.717) is 19.3 Å². The highest BCUT2D eigenvalue weighted by Crippen LogP contribution is 2.19. The SMILES string of the molecule is CCCCCCCCCCCCCCCCCCCCC(=O)OC[C@H](COC(=O)CCCCCCCCCCCCCCCC(C)C)OC(=O)CCCCCCCCCCCCCCCCC(C)CC. The van der Waals surface area contributed by atoms with E-state index in [9.17, 15) is 14.4 Å². The van der Waals surface area contributed by atoms with Gasteiger partial charge in [0.1, 0.15) is 13.2 Å². The number of esters is 3. The molecule has 0 rings (SSSR count). The molecular weight excluding hydrogens is 865 g/mol. The van der Waals surface area contributed by atoms with Crippen molar-refractivity contribution < 1.29 is 28.6 Å². The Hall–Kier alpha value is -1.59. The first kappa shape index (κ1) is 68.4. The number of carbonyl (C=O) groups is 3. The van der Waals surface area contributed by atoms with Gasteiger partial charge in [-0.15, -0.1) is 0 Å². The molecule has 416 valence electrons. The molecule has 0 aliphatic rings. The Bertz CT molecular complexity index is 1070. The van der Waals surface area contributed by atoms with Crippen molar-refractivity contribution in [3.8, 4) is 0 Å². The van der Waals surface area contributed by atoms with Gasteiger partial charge in [0.05, 0.1) is 0 Å². The third-order valence-electron chi connectivity index (χ3n) is 15.1. The lowest BCUT2D eigenvalue weighted by atomic mass is 9.99. The minimum atomic E-state index is -0.764. The minimum absolute atomic E-state index is 0.0619. The Morgan fingerprint density at radius 3 is 0.814 bits per heavy atom. The zero-order valence-corrected chi connectivity index (χ0v) is 48.2. The highest BCUT2D eigenvalue weighted by molar-refractivity contribution is 5.71. The number of rotatable bonds is 58. The summed E-state index contributed by atoms with van der Waals surface area (Å²) in [6, 6.07) is 0. The quantitative estimate of drug-likeness (QED) is 0.0343. The lowest BCUT2D eigenvalue weighted by molar-refractivity contribution is -0.167. The molecule has 70 heavy (non-hydrogen) atoms. The normalized spacial score (nSPS) is 12.4. The molecule has 0 aromatic rings. The van der Waals surface area contributed by atoms with E-state index in [1.165, 1.54) is 250 Å². The summed E-state index contributed by atoms with van der Waals surface area (Å²) in [5.74, 6) is 0.902. The summed E-state index contributed by atoms with van der Waals surface area (Å²) in [7, 11) is 0. The molecule has 0 aliphatic carbocycles. The monoisotopic (exact) mass is 989 g/mol. The van der Waals surface area contributed by atoms with E-state index in [0.717, 1.165) is 69.6 Å². The molecule has 0 spiro atoms. The summed E-state index contributed by atoms with van der Waals surface area (Å²) in [5.41, 5.74) is 0. The van der Waals surface area contributed by atoms with E-state index < -0.39 is 6.10 Å². The van der Waals surface area contributed by atoms with Crippen molar-refractivity contribution in [3.05, 3.63) is 0 Å². The molecule has 0 amide bonds. The largest absolute Gasteiger partial charge is 0.462 e. The standard InChI is InChI=1S/C64H124O6/c1-6-8-9-10-11-12-13-14-15-16-17-18-24-29-34-39-44-49-54-62(65)68-57-61(58-69-63(66)55-50-45-40-35-30-26-21-22-27-32-37-42-47-52-59(3)4)70-64(67)56-51-46-41-36-31-25-20-19-23-28-33-38-43-48-53-60(5)7-2/h59-61H,6-58H2,1-5H3/t60?,61-/m1/s1. The summed E-state index contributed by atoms with van der Waals surface area (Å²) in [4.78, 5) is 38.3. The van der Waals surface area contributed by atoms with Gasteiger partial charge < -0.3 is 14.2 Å². The van der Waals surface area contributed by atoms with Gasteiger partial charge in [-0.2, -0.15) is 0 Å². The van der Waals surface area contributed by atoms with Gasteiger partial charge in [0.15, 0.2) is 6.10 Å². The Morgan fingerprint density at radius 2 is 0.543 bits per heavy atom. The van der Waals surface area contributed by atoms with Crippen molar-refractivity contribution in [2.24, 2.45) is 11.8 Å². The number of hydrogen-bond donors (Lipinski definition) is 0. The highest BCUT2D eigenvalue weighted by atomic mass is 16.6. The van der Waals surface area contributed by atoms with Crippen LogP contribution in [0.4, 0.5) is 0 Å². The van der Waals surface area contributed by atoms with Gasteiger partial charge in [0, 0.05) is 19.3 Å². The van der Waals surface area contributed by atoms with Crippen LogP contribution in [0.1, 0.15) is 362 Å². The molecule has 0 aromatic carbocycles. The Labute approximate surface area is 438 Å².